The zero-order valence-electron chi connectivity index (χ0n) is 10.6. The second kappa shape index (κ2) is 4.42. The number of rotatable bonds is 5. The molecule has 0 radical (unpaired) electrons. The molecule has 1 aliphatic carbocycles. The number of likely N-dealkylation sites (tertiary alicyclic amines) is 1. The normalized spacial score (nSPS) is 31.8. The fourth-order valence-electron chi connectivity index (χ4n) is 2.73. The van der Waals surface area contributed by atoms with Crippen LogP contribution in [0.15, 0.2) is 0 Å². The Morgan fingerprint density at radius 3 is 2.80 bits per heavy atom. The first kappa shape index (κ1) is 11.4. The molecule has 1 saturated carbocycles. The molecule has 2 unspecified atom stereocenters. The van der Waals surface area contributed by atoms with E-state index in [9.17, 15) is 0 Å². The Hall–Kier alpha value is -0.0800. The average Bonchev–Trinajstić information content (AvgIpc) is 2.83. The number of nitrogens with one attached hydrogen (secondary N) is 1. The molecule has 1 N–H and O–H groups in total. The lowest BCUT2D eigenvalue weighted by Gasteiger charge is -2.27. The van der Waals surface area contributed by atoms with Crippen molar-refractivity contribution >= 4 is 0 Å². The predicted molar refractivity (Wildman–Crippen MR) is 65.1 cm³/mol. The molecule has 2 rings (SSSR count). The Balaban J connectivity index is 1.72. The van der Waals surface area contributed by atoms with Gasteiger partial charge in [0.1, 0.15) is 0 Å². The van der Waals surface area contributed by atoms with E-state index in [0.717, 1.165) is 6.04 Å². The largest absolute Gasteiger partial charge is 0.312 e. The number of nitrogens with zero attached hydrogens (tertiary/aromatic N) is 1. The van der Waals surface area contributed by atoms with Crippen LogP contribution in [0.4, 0.5) is 0 Å². The van der Waals surface area contributed by atoms with Gasteiger partial charge < -0.3 is 5.32 Å². The maximum atomic E-state index is 3.75. The summed E-state index contributed by atoms with van der Waals surface area (Å²) in [7, 11) is 0. The van der Waals surface area contributed by atoms with Crippen LogP contribution in [0.2, 0.25) is 0 Å². The van der Waals surface area contributed by atoms with Crippen LogP contribution in [-0.4, -0.2) is 36.6 Å². The number of hydrogen-bond acceptors (Lipinski definition) is 2. The van der Waals surface area contributed by atoms with Gasteiger partial charge >= 0.3 is 0 Å². The van der Waals surface area contributed by atoms with E-state index in [2.05, 4.69) is 31.0 Å². The molecule has 1 saturated heterocycles. The number of likely N-dealkylation sites (N-methyl/N-ethyl adjacent to an activating group) is 1. The Morgan fingerprint density at radius 2 is 2.20 bits per heavy atom. The third-order valence-electron chi connectivity index (χ3n) is 4.65. The summed E-state index contributed by atoms with van der Waals surface area (Å²) in [5.74, 6) is 0. The van der Waals surface area contributed by atoms with Crippen LogP contribution in [0, 0.1) is 5.41 Å². The first-order valence-electron chi connectivity index (χ1n) is 6.63. The van der Waals surface area contributed by atoms with Gasteiger partial charge in [-0.2, -0.15) is 0 Å². The first-order valence-corrected chi connectivity index (χ1v) is 6.63. The molecule has 2 fully saturated rings. The maximum Gasteiger partial charge on any atom is 0.0221 e. The highest BCUT2D eigenvalue weighted by Gasteiger charge is 2.42. The molecular weight excluding hydrogens is 184 g/mol. The van der Waals surface area contributed by atoms with Crippen molar-refractivity contribution in [3.05, 3.63) is 0 Å². The van der Waals surface area contributed by atoms with E-state index in [1.165, 1.54) is 45.3 Å². The van der Waals surface area contributed by atoms with E-state index in [1.54, 1.807) is 0 Å². The molecule has 1 aliphatic heterocycles. The molecule has 2 aliphatic rings. The van der Waals surface area contributed by atoms with Crippen molar-refractivity contribution in [3.8, 4) is 0 Å². The van der Waals surface area contributed by atoms with Crippen LogP contribution >= 0.6 is 0 Å². The van der Waals surface area contributed by atoms with Crippen molar-refractivity contribution in [2.75, 3.05) is 19.6 Å². The third-order valence-corrected chi connectivity index (χ3v) is 4.65. The van der Waals surface area contributed by atoms with Crippen molar-refractivity contribution in [2.24, 2.45) is 5.41 Å². The number of hydrogen-bond donors (Lipinski definition) is 1. The summed E-state index contributed by atoms with van der Waals surface area (Å²) in [6.07, 6.45) is 5.63. The van der Waals surface area contributed by atoms with Gasteiger partial charge in [0.05, 0.1) is 0 Å². The van der Waals surface area contributed by atoms with Gasteiger partial charge in [-0.05, 0) is 51.1 Å². The Bertz CT molecular complexity index is 211. The van der Waals surface area contributed by atoms with Crippen LogP contribution in [0.5, 0.6) is 0 Å². The van der Waals surface area contributed by atoms with E-state index in [4.69, 9.17) is 0 Å². The van der Waals surface area contributed by atoms with E-state index in [-0.39, 0.29) is 0 Å². The third kappa shape index (κ3) is 2.54. The highest BCUT2D eigenvalue weighted by Crippen LogP contribution is 2.47. The van der Waals surface area contributed by atoms with Gasteiger partial charge in [-0.25, -0.2) is 0 Å². The van der Waals surface area contributed by atoms with Crippen LogP contribution < -0.4 is 5.32 Å². The minimum absolute atomic E-state index is 0.621. The summed E-state index contributed by atoms with van der Waals surface area (Å²) >= 11 is 0. The lowest BCUT2D eigenvalue weighted by atomic mass is 10.0. The fourth-order valence-corrected chi connectivity index (χ4v) is 2.73. The Labute approximate surface area is 94.4 Å². The molecule has 0 aromatic heterocycles. The zero-order valence-corrected chi connectivity index (χ0v) is 10.6. The summed E-state index contributed by atoms with van der Waals surface area (Å²) in [6.45, 7) is 10.8. The highest BCUT2D eigenvalue weighted by molar-refractivity contribution is 4.97. The standard InChI is InChI=1S/C13H26N2/c1-4-15-9-5-6-12(15)10-14-11(2)13(3)7-8-13/h11-12,14H,4-10H2,1-3H3. The molecule has 2 heteroatoms. The SMILES string of the molecule is CCN1CCCC1CNC(C)C1(C)CC1. The van der Waals surface area contributed by atoms with Crippen molar-refractivity contribution < 1.29 is 0 Å². The van der Waals surface area contributed by atoms with Crippen LogP contribution in [0.25, 0.3) is 0 Å². The molecule has 0 bridgehead atoms. The van der Waals surface area contributed by atoms with Gasteiger partial charge in [0.2, 0.25) is 0 Å². The van der Waals surface area contributed by atoms with Gasteiger partial charge in [-0.1, -0.05) is 13.8 Å². The second-order valence-electron chi connectivity index (χ2n) is 5.71. The second-order valence-corrected chi connectivity index (χ2v) is 5.71. The van der Waals surface area contributed by atoms with Gasteiger partial charge in [0, 0.05) is 18.6 Å². The molecule has 0 amide bonds. The zero-order chi connectivity index (χ0) is 10.9. The molecule has 2 nitrogen and oxygen atoms in total. The van der Waals surface area contributed by atoms with Crippen LogP contribution in [0.3, 0.4) is 0 Å². The van der Waals surface area contributed by atoms with Gasteiger partial charge in [0.25, 0.3) is 0 Å². The molecule has 0 aromatic carbocycles. The smallest absolute Gasteiger partial charge is 0.0221 e. The summed E-state index contributed by atoms with van der Waals surface area (Å²) in [4.78, 5) is 2.62. The molecular formula is C13H26N2. The Morgan fingerprint density at radius 1 is 1.47 bits per heavy atom. The molecule has 2 atom stereocenters. The molecule has 0 aromatic rings. The minimum Gasteiger partial charge on any atom is -0.312 e. The quantitative estimate of drug-likeness (QED) is 0.749. The lowest BCUT2D eigenvalue weighted by Crippen LogP contribution is -2.43. The summed E-state index contributed by atoms with van der Waals surface area (Å²) < 4.78 is 0. The fraction of sp³-hybridized carbons (Fsp3) is 1.00. The summed E-state index contributed by atoms with van der Waals surface area (Å²) in [6, 6.07) is 1.51. The van der Waals surface area contributed by atoms with Crippen LogP contribution in [-0.2, 0) is 0 Å². The van der Waals surface area contributed by atoms with Crippen LogP contribution in [0.1, 0.15) is 46.5 Å². The van der Waals surface area contributed by atoms with Gasteiger partial charge in [-0.3, -0.25) is 4.90 Å². The van der Waals surface area contributed by atoms with Crippen molar-refractivity contribution in [1.82, 2.24) is 10.2 Å². The predicted octanol–water partition coefficient (Wildman–Crippen LogP) is 2.25. The molecule has 88 valence electrons. The van der Waals surface area contributed by atoms with E-state index >= 15 is 0 Å². The monoisotopic (exact) mass is 210 g/mol. The first-order chi connectivity index (χ1) is 7.15. The summed E-state index contributed by atoms with van der Waals surface area (Å²) in [5, 5.41) is 3.75. The lowest BCUT2D eigenvalue weighted by molar-refractivity contribution is 0.244. The highest BCUT2D eigenvalue weighted by atomic mass is 15.2. The molecule has 0 spiro atoms. The van der Waals surface area contributed by atoms with Crippen molar-refractivity contribution in [1.29, 1.82) is 0 Å². The summed E-state index contributed by atoms with van der Waals surface area (Å²) in [5.41, 5.74) is 0.621. The minimum atomic E-state index is 0.621. The average molecular weight is 210 g/mol. The molecule has 15 heavy (non-hydrogen) atoms. The maximum absolute atomic E-state index is 3.75. The van der Waals surface area contributed by atoms with Crippen molar-refractivity contribution in [3.63, 3.8) is 0 Å². The van der Waals surface area contributed by atoms with E-state index < -0.39 is 0 Å². The molecule has 1 heterocycles. The van der Waals surface area contributed by atoms with E-state index in [0.29, 0.717) is 11.5 Å². The Kier molecular flexibility index (Phi) is 3.36. The van der Waals surface area contributed by atoms with Crippen molar-refractivity contribution in [2.45, 2.75) is 58.5 Å². The van der Waals surface area contributed by atoms with E-state index in [1.807, 2.05) is 0 Å². The van der Waals surface area contributed by atoms with Gasteiger partial charge in [0.15, 0.2) is 0 Å². The van der Waals surface area contributed by atoms with Gasteiger partial charge in [-0.15, -0.1) is 0 Å². The topological polar surface area (TPSA) is 15.3 Å².